The highest BCUT2D eigenvalue weighted by molar-refractivity contribution is 6.33. The Labute approximate surface area is 128 Å². The third kappa shape index (κ3) is 3.74. The molecule has 0 aliphatic carbocycles. The van der Waals surface area contributed by atoms with Crippen LogP contribution in [0.2, 0.25) is 10.0 Å². The molecule has 0 aliphatic rings. The molecule has 20 heavy (non-hydrogen) atoms. The van der Waals surface area contributed by atoms with Crippen LogP contribution in [0.5, 0.6) is 0 Å². The zero-order valence-corrected chi connectivity index (χ0v) is 12.6. The van der Waals surface area contributed by atoms with E-state index in [4.69, 9.17) is 27.9 Å². The van der Waals surface area contributed by atoms with Gasteiger partial charge >= 0.3 is 0 Å². The molecule has 0 fully saturated rings. The van der Waals surface area contributed by atoms with Crippen molar-refractivity contribution in [3.63, 3.8) is 0 Å². The number of methoxy groups -OCH3 is 1. The first-order chi connectivity index (χ1) is 9.61. The molecule has 2 aromatic rings. The molecule has 1 N–H and O–H groups in total. The molecule has 0 spiro atoms. The molecule has 0 aromatic heterocycles. The van der Waals surface area contributed by atoms with Gasteiger partial charge in [0.05, 0.1) is 6.10 Å². The van der Waals surface area contributed by atoms with Gasteiger partial charge in [-0.25, -0.2) is 0 Å². The Hall–Kier alpha value is -1.06. The molecule has 0 bridgehead atoms. The van der Waals surface area contributed by atoms with Crippen LogP contribution in [0, 0.1) is 0 Å². The van der Waals surface area contributed by atoms with Crippen molar-refractivity contribution in [2.45, 2.75) is 18.6 Å². The van der Waals surface area contributed by atoms with E-state index in [0.717, 1.165) is 11.1 Å². The lowest BCUT2D eigenvalue weighted by Crippen LogP contribution is -2.22. The van der Waals surface area contributed by atoms with E-state index in [1.54, 1.807) is 25.3 Å². The van der Waals surface area contributed by atoms with Crippen molar-refractivity contribution in [1.82, 2.24) is 0 Å². The van der Waals surface area contributed by atoms with Gasteiger partial charge in [0.25, 0.3) is 0 Å². The molecular formula is C16H16Cl2O2. The van der Waals surface area contributed by atoms with Crippen LogP contribution in [0.1, 0.15) is 17.2 Å². The average Bonchev–Trinajstić information content (AvgIpc) is 2.45. The number of benzene rings is 2. The van der Waals surface area contributed by atoms with Crippen LogP contribution in [0.25, 0.3) is 0 Å². The first-order valence-electron chi connectivity index (χ1n) is 6.31. The molecule has 2 nitrogen and oxygen atoms in total. The lowest BCUT2D eigenvalue weighted by Gasteiger charge is -2.22. The lowest BCUT2D eigenvalue weighted by atomic mass is 9.98. The molecule has 0 saturated heterocycles. The van der Waals surface area contributed by atoms with Crippen LogP contribution in [0.3, 0.4) is 0 Å². The van der Waals surface area contributed by atoms with Gasteiger partial charge in [-0.1, -0.05) is 53.5 Å². The smallest absolute Gasteiger partial charge is 0.108 e. The highest BCUT2D eigenvalue weighted by Gasteiger charge is 2.21. The molecule has 2 rings (SSSR count). The van der Waals surface area contributed by atoms with Crippen molar-refractivity contribution in [2.75, 3.05) is 7.11 Å². The van der Waals surface area contributed by atoms with Gasteiger partial charge in [-0.2, -0.15) is 0 Å². The molecule has 4 heteroatoms. The summed E-state index contributed by atoms with van der Waals surface area (Å²) in [5.41, 5.74) is 1.74. The molecule has 0 aliphatic heterocycles. The Morgan fingerprint density at radius 1 is 1.10 bits per heavy atom. The zero-order chi connectivity index (χ0) is 14.5. The van der Waals surface area contributed by atoms with Gasteiger partial charge in [0.2, 0.25) is 0 Å². The van der Waals surface area contributed by atoms with Crippen LogP contribution in [0.15, 0.2) is 48.5 Å². The maximum atomic E-state index is 10.4. The third-order valence-corrected chi connectivity index (χ3v) is 3.77. The van der Waals surface area contributed by atoms with E-state index >= 15 is 0 Å². The van der Waals surface area contributed by atoms with Crippen molar-refractivity contribution >= 4 is 23.2 Å². The molecule has 0 radical (unpaired) electrons. The Morgan fingerprint density at radius 3 is 2.45 bits per heavy atom. The molecule has 2 aromatic carbocycles. The lowest BCUT2D eigenvalue weighted by molar-refractivity contribution is -0.0128. The normalized spacial score (nSPS) is 14.0. The first-order valence-corrected chi connectivity index (χ1v) is 7.07. The minimum Gasteiger partial charge on any atom is -0.390 e. The summed E-state index contributed by atoms with van der Waals surface area (Å²) in [6.07, 6.45) is -0.711. The largest absolute Gasteiger partial charge is 0.390 e. The van der Waals surface area contributed by atoms with Gasteiger partial charge in [0.15, 0.2) is 0 Å². The summed E-state index contributed by atoms with van der Waals surface area (Å²) in [5, 5.41) is 11.6. The quantitative estimate of drug-likeness (QED) is 0.893. The fraction of sp³-hybridized carbons (Fsp3) is 0.250. The Kier molecular flexibility index (Phi) is 5.44. The van der Waals surface area contributed by atoms with Crippen LogP contribution < -0.4 is 0 Å². The Balaban J connectivity index is 2.17. The van der Waals surface area contributed by atoms with Crippen molar-refractivity contribution in [3.8, 4) is 0 Å². The summed E-state index contributed by atoms with van der Waals surface area (Å²) in [5.74, 6) is 0. The fourth-order valence-electron chi connectivity index (χ4n) is 2.19. The fourth-order valence-corrected chi connectivity index (χ4v) is 2.58. The standard InChI is InChI=1S/C16H16Cl2O2/c1-20-16(11-5-3-2-4-6-11)15(19)10-12-9-13(17)7-8-14(12)18/h2-9,15-16,19H,10H2,1H3. The number of hydrogen-bond acceptors (Lipinski definition) is 2. The number of rotatable bonds is 5. The van der Waals surface area contributed by atoms with Crippen LogP contribution in [0.4, 0.5) is 0 Å². The van der Waals surface area contributed by atoms with Crippen LogP contribution in [-0.2, 0) is 11.2 Å². The second kappa shape index (κ2) is 7.09. The Morgan fingerprint density at radius 2 is 1.80 bits per heavy atom. The van der Waals surface area contributed by atoms with Crippen molar-refractivity contribution in [3.05, 3.63) is 69.7 Å². The number of ether oxygens (including phenoxy) is 1. The predicted molar refractivity (Wildman–Crippen MR) is 82.4 cm³/mol. The topological polar surface area (TPSA) is 29.5 Å². The van der Waals surface area contributed by atoms with Gasteiger partial charge in [0.1, 0.15) is 6.10 Å². The van der Waals surface area contributed by atoms with Gasteiger partial charge in [-0.3, -0.25) is 0 Å². The molecule has 106 valence electrons. The summed E-state index contributed by atoms with van der Waals surface area (Å²) in [6, 6.07) is 14.8. The molecule has 0 heterocycles. The predicted octanol–water partition coefficient (Wildman–Crippen LogP) is 4.28. The highest BCUT2D eigenvalue weighted by Crippen LogP contribution is 2.27. The second-order valence-electron chi connectivity index (χ2n) is 4.57. The van der Waals surface area contributed by atoms with Gasteiger partial charge in [-0.05, 0) is 29.3 Å². The first kappa shape index (κ1) is 15.3. The van der Waals surface area contributed by atoms with E-state index in [1.807, 2.05) is 30.3 Å². The summed E-state index contributed by atoms with van der Waals surface area (Å²) in [7, 11) is 1.58. The second-order valence-corrected chi connectivity index (χ2v) is 5.42. The van der Waals surface area contributed by atoms with Crippen LogP contribution in [-0.4, -0.2) is 18.3 Å². The number of aliphatic hydroxyl groups is 1. The number of aliphatic hydroxyl groups excluding tert-OH is 1. The van der Waals surface area contributed by atoms with Crippen LogP contribution >= 0.6 is 23.2 Å². The molecule has 2 atom stereocenters. The van der Waals surface area contributed by atoms with E-state index in [9.17, 15) is 5.11 Å². The molecule has 2 unspecified atom stereocenters. The highest BCUT2D eigenvalue weighted by atomic mass is 35.5. The monoisotopic (exact) mass is 310 g/mol. The maximum Gasteiger partial charge on any atom is 0.108 e. The molecule has 0 amide bonds. The van der Waals surface area contributed by atoms with Crippen molar-refractivity contribution in [1.29, 1.82) is 0 Å². The summed E-state index contributed by atoms with van der Waals surface area (Å²) in [4.78, 5) is 0. The average molecular weight is 311 g/mol. The minimum absolute atomic E-state index is 0.382. The van der Waals surface area contributed by atoms with Gasteiger partial charge in [0, 0.05) is 23.6 Å². The summed E-state index contributed by atoms with van der Waals surface area (Å²) in [6.45, 7) is 0. The zero-order valence-electron chi connectivity index (χ0n) is 11.1. The van der Waals surface area contributed by atoms with E-state index < -0.39 is 12.2 Å². The van der Waals surface area contributed by atoms with Gasteiger partial charge in [-0.15, -0.1) is 0 Å². The molecule has 0 saturated carbocycles. The maximum absolute atomic E-state index is 10.4. The van der Waals surface area contributed by atoms with Gasteiger partial charge < -0.3 is 9.84 Å². The summed E-state index contributed by atoms with van der Waals surface area (Å²) >= 11 is 12.1. The van der Waals surface area contributed by atoms with E-state index in [0.29, 0.717) is 16.5 Å². The Bertz CT molecular complexity index is 558. The summed E-state index contributed by atoms with van der Waals surface area (Å²) < 4.78 is 5.41. The number of hydrogen-bond donors (Lipinski definition) is 1. The van der Waals surface area contributed by atoms with E-state index in [-0.39, 0.29) is 0 Å². The number of halogens is 2. The minimum atomic E-state index is -0.696. The molecular weight excluding hydrogens is 295 g/mol. The van der Waals surface area contributed by atoms with Crippen molar-refractivity contribution < 1.29 is 9.84 Å². The van der Waals surface area contributed by atoms with E-state index in [1.165, 1.54) is 0 Å². The van der Waals surface area contributed by atoms with Crippen molar-refractivity contribution in [2.24, 2.45) is 0 Å². The van der Waals surface area contributed by atoms with E-state index in [2.05, 4.69) is 0 Å². The SMILES string of the molecule is COC(c1ccccc1)C(O)Cc1cc(Cl)ccc1Cl. The third-order valence-electron chi connectivity index (χ3n) is 3.17.